The maximum absolute atomic E-state index is 12.0. The Balaban J connectivity index is 1.76. The third-order valence-electron chi connectivity index (χ3n) is 2.87. The molecule has 1 atom stereocenters. The Hall–Kier alpha value is -0.910. The van der Waals surface area contributed by atoms with Crippen LogP contribution in [0.25, 0.3) is 0 Å². The Kier molecular flexibility index (Phi) is 4.53. The van der Waals surface area contributed by atoms with Gasteiger partial charge in [-0.05, 0) is 17.9 Å². The fraction of sp³-hybridized carbons (Fsp3) is 0.583. The highest BCUT2D eigenvalue weighted by Crippen LogP contribution is 2.12. The fourth-order valence-electron chi connectivity index (χ4n) is 1.83. The first-order valence-corrected chi connectivity index (χ1v) is 6.76. The van der Waals surface area contributed by atoms with Crippen LogP contribution in [0.1, 0.15) is 16.1 Å². The molecule has 94 valence electrons. The number of ether oxygens (including phenoxy) is 1. The molecule has 0 saturated carbocycles. The van der Waals surface area contributed by atoms with Gasteiger partial charge in [0.25, 0.3) is 5.91 Å². The number of amides is 1. The summed E-state index contributed by atoms with van der Waals surface area (Å²) in [5.74, 6) is 0.101. The van der Waals surface area contributed by atoms with Crippen LogP contribution in [0.5, 0.6) is 0 Å². The molecule has 1 aromatic rings. The van der Waals surface area contributed by atoms with Gasteiger partial charge < -0.3 is 15.0 Å². The quantitative estimate of drug-likeness (QED) is 0.878. The molecule has 1 N–H and O–H groups in total. The summed E-state index contributed by atoms with van der Waals surface area (Å²) in [5, 5.41) is 5.21. The molecule has 1 aromatic heterocycles. The van der Waals surface area contributed by atoms with Crippen LogP contribution in [-0.2, 0) is 4.74 Å². The largest absolute Gasteiger partial charge is 0.376 e. The second-order valence-electron chi connectivity index (χ2n) is 4.19. The molecule has 2 rings (SSSR count). The number of thiophene rings is 1. The van der Waals surface area contributed by atoms with E-state index in [1.165, 1.54) is 11.3 Å². The summed E-state index contributed by atoms with van der Waals surface area (Å²) in [5.41, 5.74) is 0. The van der Waals surface area contributed by atoms with E-state index in [-0.39, 0.29) is 12.0 Å². The summed E-state index contributed by atoms with van der Waals surface area (Å²) in [7, 11) is 1.85. The molecule has 1 amide bonds. The maximum Gasteiger partial charge on any atom is 0.263 e. The van der Waals surface area contributed by atoms with Gasteiger partial charge in [-0.2, -0.15) is 0 Å². The van der Waals surface area contributed by atoms with Gasteiger partial charge >= 0.3 is 0 Å². The Bertz CT molecular complexity index is 347. The van der Waals surface area contributed by atoms with Gasteiger partial charge in [0.05, 0.1) is 17.6 Å². The van der Waals surface area contributed by atoms with E-state index in [1.54, 1.807) is 4.90 Å². The molecule has 1 unspecified atom stereocenters. The number of rotatable bonds is 4. The van der Waals surface area contributed by atoms with Gasteiger partial charge in [0.1, 0.15) is 0 Å². The highest BCUT2D eigenvalue weighted by Gasteiger charge is 2.17. The van der Waals surface area contributed by atoms with Gasteiger partial charge in [-0.25, -0.2) is 0 Å². The predicted molar refractivity (Wildman–Crippen MR) is 68.5 cm³/mol. The fourth-order valence-corrected chi connectivity index (χ4v) is 2.55. The maximum atomic E-state index is 12.0. The van der Waals surface area contributed by atoms with E-state index in [9.17, 15) is 4.79 Å². The molecular formula is C12H18N2O2S. The van der Waals surface area contributed by atoms with Gasteiger partial charge in [-0.3, -0.25) is 4.79 Å². The highest BCUT2D eigenvalue weighted by atomic mass is 32.1. The third-order valence-corrected chi connectivity index (χ3v) is 3.73. The molecule has 0 bridgehead atoms. The molecule has 0 radical (unpaired) electrons. The van der Waals surface area contributed by atoms with Crippen LogP contribution in [-0.4, -0.2) is 50.2 Å². The van der Waals surface area contributed by atoms with Gasteiger partial charge in [0.2, 0.25) is 0 Å². The lowest BCUT2D eigenvalue weighted by molar-refractivity contribution is 0.0187. The number of hydrogen-bond donors (Lipinski definition) is 1. The van der Waals surface area contributed by atoms with Crippen LogP contribution in [0, 0.1) is 0 Å². The second-order valence-corrected chi connectivity index (χ2v) is 5.14. The molecule has 1 fully saturated rings. The number of nitrogens with zero attached hydrogens (tertiary/aromatic N) is 1. The van der Waals surface area contributed by atoms with Crippen molar-refractivity contribution in [3.8, 4) is 0 Å². The molecule has 1 aliphatic heterocycles. The molecule has 0 aromatic carbocycles. The predicted octanol–water partition coefficient (Wildman–Crippen LogP) is 1.20. The van der Waals surface area contributed by atoms with Crippen LogP contribution in [0.15, 0.2) is 17.5 Å². The van der Waals surface area contributed by atoms with Crippen LogP contribution in [0.2, 0.25) is 0 Å². The van der Waals surface area contributed by atoms with Crippen molar-refractivity contribution in [2.45, 2.75) is 12.5 Å². The van der Waals surface area contributed by atoms with E-state index in [1.807, 2.05) is 24.6 Å². The minimum atomic E-state index is 0.101. The van der Waals surface area contributed by atoms with E-state index in [0.717, 1.165) is 37.5 Å². The minimum absolute atomic E-state index is 0.101. The van der Waals surface area contributed by atoms with E-state index in [2.05, 4.69) is 5.32 Å². The Labute approximate surface area is 106 Å². The van der Waals surface area contributed by atoms with E-state index < -0.39 is 0 Å². The summed E-state index contributed by atoms with van der Waals surface area (Å²) in [6.45, 7) is 3.33. The SMILES string of the molecule is CN(CCC1CNCCO1)C(=O)c1cccs1. The molecule has 4 nitrogen and oxygen atoms in total. The normalized spacial score (nSPS) is 20.2. The monoisotopic (exact) mass is 254 g/mol. The van der Waals surface area contributed by atoms with Crippen LogP contribution in [0.3, 0.4) is 0 Å². The molecule has 1 saturated heterocycles. The zero-order valence-corrected chi connectivity index (χ0v) is 10.8. The van der Waals surface area contributed by atoms with Crippen molar-refractivity contribution in [2.24, 2.45) is 0 Å². The first kappa shape index (κ1) is 12.5. The Morgan fingerprint density at radius 1 is 1.71 bits per heavy atom. The molecule has 0 aliphatic carbocycles. The summed E-state index contributed by atoms with van der Waals surface area (Å²) in [6, 6.07) is 3.77. The van der Waals surface area contributed by atoms with Crippen LogP contribution in [0.4, 0.5) is 0 Å². The summed E-state index contributed by atoms with van der Waals surface area (Å²) >= 11 is 1.49. The van der Waals surface area contributed by atoms with Crippen molar-refractivity contribution >= 4 is 17.2 Å². The third kappa shape index (κ3) is 3.52. The van der Waals surface area contributed by atoms with Gasteiger partial charge in [0.15, 0.2) is 0 Å². The van der Waals surface area contributed by atoms with Crippen molar-refractivity contribution in [1.82, 2.24) is 10.2 Å². The average Bonchev–Trinajstić information content (AvgIpc) is 2.90. The van der Waals surface area contributed by atoms with E-state index in [4.69, 9.17) is 4.74 Å². The second kappa shape index (κ2) is 6.14. The zero-order valence-electron chi connectivity index (χ0n) is 10.0. The van der Waals surface area contributed by atoms with Crippen LogP contribution < -0.4 is 5.32 Å². The molecule has 0 spiro atoms. The van der Waals surface area contributed by atoms with Crippen molar-refractivity contribution in [1.29, 1.82) is 0 Å². The Morgan fingerprint density at radius 3 is 3.24 bits per heavy atom. The average molecular weight is 254 g/mol. The lowest BCUT2D eigenvalue weighted by Gasteiger charge is -2.25. The summed E-state index contributed by atoms with van der Waals surface area (Å²) in [6.07, 6.45) is 1.13. The zero-order chi connectivity index (χ0) is 12.1. The number of morpholine rings is 1. The molecular weight excluding hydrogens is 236 g/mol. The van der Waals surface area contributed by atoms with Crippen molar-refractivity contribution in [2.75, 3.05) is 33.3 Å². The number of nitrogens with one attached hydrogen (secondary N) is 1. The number of hydrogen-bond acceptors (Lipinski definition) is 4. The van der Waals surface area contributed by atoms with Crippen LogP contribution >= 0.6 is 11.3 Å². The lowest BCUT2D eigenvalue weighted by atomic mass is 10.2. The van der Waals surface area contributed by atoms with Gasteiger partial charge in [-0.15, -0.1) is 11.3 Å². The van der Waals surface area contributed by atoms with Crippen molar-refractivity contribution < 1.29 is 9.53 Å². The number of carbonyl (C=O) groups is 1. The first-order valence-electron chi connectivity index (χ1n) is 5.88. The number of carbonyl (C=O) groups excluding carboxylic acids is 1. The van der Waals surface area contributed by atoms with Gasteiger partial charge in [-0.1, -0.05) is 6.07 Å². The highest BCUT2D eigenvalue weighted by molar-refractivity contribution is 7.12. The Morgan fingerprint density at radius 2 is 2.59 bits per heavy atom. The van der Waals surface area contributed by atoms with Crippen molar-refractivity contribution in [3.05, 3.63) is 22.4 Å². The first-order chi connectivity index (χ1) is 8.27. The molecule has 5 heteroatoms. The molecule has 2 heterocycles. The van der Waals surface area contributed by atoms with Gasteiger partial charge in [0, 0.05) is 26.7 Å². The molecule has 17 heavy (non-hydrogen) atoms. The smallest absolute Gasteiger partial charge is 0.263 e. The van der Waals surface area contributed by atoms with E-state index >= 15 is 0 Å². The van der Waals surface area contributed by atoms with E-state index in [0.29, 0.717) is 0 Å². The topological polar surface area (TPSA) is 41.6 Å². The lowest BCUT2D eigenvalue weighted by Crippen LogP contribution is -2.40. The standard InChI is InChI=1S/C12H18N2O2S/c1-14(12(15)11-3-2-8-17-11)6-4-10-9-13-5-7-16-10/h2-3,8,10,13H,4-7,9H2,1H3. The van der Waals surface area contributed by atoms with Crippen molar-refractivity contribution in [3.63, 3.8) is 0 Å². The minimum Gasteiger partial charge on any atom is -0.376 e. The summed E-state index contributed by atoms with van der Waals surface area (Å²) in [4.78, 5) is 14.5. The molecule has 1 aliphatic rings. The summed E-state index contributed by atoms with van der Waals surface area (Å²) < 4.78 is 5.60.